The molecule has 1 saturated heterocycles. The summed E-state index contributed by atoms with van der Waals surface area (Å²) in [5, 5.41) is 11.4. The lowest BCUT2D eigenvalue weighted by Crippen LogP contribution is -2.31. The molecule has 29 heavy (non-hydrogen) atoms. The van der Waals surface area contributed by atoms with Gasteiger partial charge < -0.3 is 19.5 Å². The number of ether oxygens (including phenoxy) is 2. The number of halogens is 1. The molecule has 1 N–H and O–H groups in total. The molecule has 0 saturated carbocycles. The van der Waals surface area contributed by atoms with Gasteiger partial charge in [0.25, 0.3) is 11.7 Å². The number of ketones is 1. The lowest BCUT2D eigenvalue weighted by Gasteiger charge is -2.25. The van der Waals surface area contributed by atoms with Crippen LogP contribution >= 0.6 is 11.6 Å². The number of carbonyl (C=O) groups excluding carboxylic acids is 2. The third kappa shape index (κ3) is 4.28. The van der Waals surface area contributed by atoms with Crippen LogP contribution in [-0.2, 0) is 14.3 Å². The van der Waals surface area contributed by atoms with Crippen LogP contribution in [0.5, 0.6) is 5.75 Å². The first kappa shape index (κ1) is 20.9. The number of Topliss-reactive ketones (excluding diaryl/α,β-unsaturated/α-hetero) is 1. The molecule has 1 heterocycles. The van der Waals surface area contributed by atoms with Crippen molar-refractivity contribution < 1.29 is 24.2 Å². The highest BCUT2D eigenvalue weighted by atomic mass is 35.5. The molecule has 1 aliphatic heterocycles. The highest BCUT2D eigenvalue weighted by Gasteiger charge is 2.45. The smallest absolute Gasteiger partial charge is 0.295 e. The quantitative estimate of drug-likeness (QED) is 0.322. The van der Waals surface area contributed by atoms with Gasteiger partial charge in [-0.05, 0) is 48.4 Å². The van der Waals surface area contributed by atoms with Gasteiger partial charge in [-0.15, -0.1) is 0 Å². The Labute approximate surface area is 174 Å². The molecule has 0 aliphatic carbocycles. The average Bonchev–Trinajstić information content (AvgIpc) is 2.99. The fraction of sp³-hybridized carbons (Fsp3) is 0.273. The molecule has 1 atom stereocenters. The summed E-state index contributed by atoms with van der Waals surface area (Å²) in [6, 6.07) is 12.8. The predicted molar refractivity (Wildman–Crippen MR) is 110 cm³/mol. The third-order valence-electron chi connectivity index (χ3n) is 4.84. The molecule has 2 aromatic carbocycles. The van der Waals surface area contributed by atoms with Gasteiger partial charge in [-0.2, -0.15) is 0 Å². The number of hydrogen-bond donors (Lipinski definition) is 1. The van der Waals surface area contributed by atoms with Crippen molar-refractivity contribution in [3.63, 3.8) is 0 Å². The monoisotopic (exact) mass is 415 g/mol. The second-order valence-corrected chi connectivity index (χ2v) is 7.06. The average molecular weight is 416 g/mol. The number of rotatable bonds is 7. The summed E-state index contributed by atoms with van der Waals surface area (Å²) in [4.78, 5) is 27.1. The molecule has 6 nitrogen and oxygen atoms in total. The normalized spacial score (nSPS) is 18.3. The SMILES string of the molecule is COCCCN1C(=O)C(=O)/C(=C(/O)c2ccc(Cl)cc2)C1c1ccc(OC)cc1. The summed E-state index contributed by atoms with van der Waals surface area (Å²) < 4.78 is 10.3. The largest absolute Gasteiger partial charge is 0.507 e. The van der Waals surface area contributed by atoms with Gasteiger partial charge in [-0.25, -0.2) is 0 Å². The maximum absolute atomic E-state index is 12.8. The van der Waals surface area contributed by atoms with E-state index in [-0.39, 0.29) is 11.3 Å². The number of carbonyl (C=O) groups is 2. The van der Waals surface area contributed by atoms with E-state index in [0.717, 1.165) is 0 Å². The molecular formula is C22H22ClNO5. The molecule has 1 fully saturated rings. The van der Waals surface area contributed by atoms with Gasteiger partial charge in [0.1, 0.15) is 11.5 Å². The van der Waals surface area contributed by atoms with Crippen molar-refractivity contribution in [1.82, 2.24) is 4.90 Å². The second-order valence-electron chi connectivity index (χ2n) is 6.62. The van der Waals surface area contributed by atoms with Crippen molar-refractivity contribution >= 4 is 29.1 Å². The minimum absolute atomic E-state index is 0.0555. The van der Waals surface area contributed by atoms with Crippen LogP contribution in [0.25, 0.3) is 5.76 Å². The molecule has 152 valence electrons. The number of methoxy groups -OCH3 is 2. The van der Waals surface area contributed by atoms with E-state index >= 15 is 0 Å². The van der Waals surface area contributed by atoms with Crippen molar-refractivity contribution in [3.05, 3.63) is 70.3 Å². The molecule has 1 aliphatic rings. The van der Waals surface area contributed by atoms with Gasteiger partial charge in [0.15, 0.2) is 0 Å². The van der Waals surface area contributed by atoms with Crippen LogP contribution in [0.1, 0.15) is 23.6 Å². The zero-order valence-corrected chi connectivity index (χ0v) is 17.0. The first-order valence-corrected chi connectivity index (χ1v) is 9.53. The highest BCUT2D eigenvalue weighted by molar-refractivity contribution is 6.46. The topological polar surface area (TPSA) is 76.1 Å². The second kappa shape index (κ2) is 9.11. The van der Waals surface area contributed by atoms with E-state index in [0.29, 0.717) is 41.5 Å². The Bertz CT molecular complexity index is 921. The van der Waals surface area contributed by atoms with Crippen LogP contribution in [0.3, 0.4) is 0 Å². The van der Waals surface area contributed by atoms with Gasteiger partial charge in [-0.3, -0.25) is 9.59 Å². The van der Waals surface area contributed by atoms with Crippen molar-refractivity contribution in [2.24, 2.45) is 0 Å². The number of benzene rings is 2. The number of hydrogen-bond acceptors (Lipinski definition) is 5. The van der Waals surface area contributed by atoms with Gasteiger partial charge >= 0.3 is 0 Å². The van der Waals surface area contributed by atoms with Crippen molar-refractivity contribution in [2.75, 3.05) is 27.4 Å². The first-order chi connectivity index (χ1) is 14.0. The highest BCUT2D eigenvalue weighted by Crippen LogP contribution is 2.39. The Kier molecular flexibility index (Phi) is 6.56. The van der Waals surface area contributed by atoms with Crippen LogP contribution in [0, 0.1) is 0 Å². The molecule has 2 aromatic rings. The third-order valence-corrected chi connectivity index (χ3v) is 5.09. The predicted octanol–water partition coefficient (Wildman–Crippen LogP) is 3.81. The van der Waals surface area contributed by atoms with Crippen LogP contribution in [0.15, 0.2) is 54.1 Å². The molecular weight excluding hydrogens is 394 g/mol. The van der Waals surface area contributed by atoms with Crippen LogP contribution < -0.4 is 4.74 Å². The summed E-state index contributed by atoms with van der Waals surface area (Å²) in [7, 11) is 3.14. The Balaban J connectivity index is 2.09. The lowest BCUT2D eigenvalue weighted by atomic mass is 9.95. The molecule has 1 amide bonds. The van der Waals surface area contributed by atoms with E-state index in [1.54, 1.807) is 62.8 Å². The number of amides is 1. The summed E-state index contributed by atoms with van der Waals surface area (Å²) in [6.07, 6.45) is 0.567. The van der Waals surface area contributed by atoms with E-state index < -0.39 is 17.7 Å². The van der Waals surface area contributed by atoms with Gasteiger partial charge in [0.2, 0.25) is 0 Å². The molecule has 1 unspecified atom stereocenters. The number of likely N-dealkylation sites (tertiary alicyclic amines) is 1. The number of aliphatic hydroxyl groups is 1. The minimum atomic E-state index is -0.712. The van der Waals surface area contributed by atoms with E-state index in [1.165, 1.54) is 4.90 Å². The van der Waals surface area contributed by atoms with E-state index in [2.05, 4.69) is 0 Å². The number of aliphatic hydroxyl groups excluding tert-OH is 1. The first-order valence-electron chi connectivity index (χ1n) is 9.15. The zero-order valence-electron chi connectivity index (χ0n) is 16.2. The van der Waals surface area contributed by atoms with Crippen molar-refractivity contribution in [1.29, 1.82) is 0 Å². The Morgan fingerprint density at radius 1 is 1.07 bits per heavy atom. The molecule has 0 spiro atoms. The number of nitrogens with zero attached hydrogens (tertiary/aromatic N) is 1. The maximum atomic E-state index is 12.8. The fourth-order valence-corrected chi connectivity index (χ4v) is 3.51. The van der Waals surface area contributed by atoms with Crippen LogP contribution in [0.2, 0.25) is 5.02 Å². The van der Waals surface area contributed by atoms with Crippen molar-refractivity contribution in [3.8, 4) is 5.75 Å². The van der Waals surface area contributed by atoms with Gasteiger partial charge in [-0.1, -0.05) is 23.7 Å². The summed E-state index contributed by atoms with van der Waals surface area (Å²) in [5.41, 5.74) is 1.18. The van der Waals surface area contributed by atoms with Crippen LogP contribution in [-0.4, -0.2) is 49.1 Å². The molecule has 0 bridgehead atoms. The van der Waals surface area contributed by atoms with Crippen molar-refractivity contribution in [2.45, 2.75) is 12.5 Å². The molecule has 0 aromatic heterocycles. The van der Waals surface area contributed by atoms with E-state index in [4.69, 9.17) is 21.1 Å². The Hall–Kier alpha value is -2.83. The lowest BCUT2D eigenvalue weighted by molar-refractivity contribution is -0.140. The van der Waals surface area contributed by atoms with Crippen LogP contribution in [0.4, 0.5) is 0 Å². The Morgan fingerprint density at radius 3 is 2.31 bits per heavy atom. The zero-order chi connectivity index (χ0) is 21.0. The fourth-order valence-electron chi connectivity index (χ4n) is 3.39. The Morgan fingerprint density at radius 2 is 1.72 bits per heavy atom. The summed E-state index contributed by atoms with van der Waals surface area (Å²) in [5.74, 6) is -0.925. The summed E-state index contributed by atoms with van der Waals surface area (Å²) >= 11 is 5.92. The molecule has 0 radical (unpaired) electrons. The molecule has 3 rings (SSSR count). The van der Waals surface area contributed by atoms with E-state index in [9.17, 15) is 14.7 Å². The van der Waals surface area contributed by atoms with Gasteiger partial charge in [0.05, 0.1) is 18.7 Å². The van der Waals surface area contributed by atoms with E-state index in [1.807, 2.05) is 0 Å². The maximum Gasteiger partial charge on any atom is 0.295 e. The summed E-state index contributed by atoms with van der Waals surface area (Å²) in [6.45, 7) is 0.780. The standard InChI is InChI=1S/C22H22ClNO5/c1-28-13-3-12-24-19(14-6-10-17(29-2)11-7-14)18(21(26)22(24)27)20(25)15-4-8-16(23)9-5-15/h4-11,19,25H,3,12-13H2,1-2H3/b20-18+. The minimum Gasteiger partial charge on any atom is -0.507 e. The molecule has 7 heteroatoms. The van der Waals surface area contributed by atoms with Gasteiger partial charge in [0, 0.05) is 30.8 Å².